The first kappa shape index (κ1) is 12.5. The maximum Gasteiger partial charge on any atom is 0.114 e. The molecule has 0 aromatic carbocycles. The van der Waals surface area contributed by atoms with Crippen LogP contribution in [0, 0.1) is 11.3 Å². The van der Waals surface area contributed by atoms with E-state index >= 15 is 0 Å². The molecule has 0 bridgehead atoms. The van der Waals surface area contributed by atoms with Gasteiger partial charge in [-0.1, -0.05) is 23.8 Å². The number of rotatable bonds is 3. The van der Waals surface area contributed by atoms with Gasteiger partial charge in [-0.3, -0.25) is 0 Å². The molecule has 1 N–H and O–H groups in total. The number of nitrogens with zero attached hydrogens (tertiary/aromatic N) is 1. The summed E-state index contributed by atoms with van der Waals surface area (Å²) in [6, 6.07) is 2.14. The number of hydrogen-bond donors (Lipinski definition) is 1. The molecule has 0 aliphatic heterocycles. The van der Waals surface area contributed by atoms with Gasteiger partial charge < -0.3 is 9.72 Å². The Bertz CT molecular complexity index is 561. The molecule has 18 heavy (non-hydrogen) atoms. The largest absolute Gasteiger partial charge is 0.504 e. The van der Waals surface area contributed by atoms with Gasteiger partial charge in [-0.05, 0) is 24.1 Å². The molecule has 0 saturated carbocycles. The van der Waals surface area contributed by atoms with Gasteiger partial charge in [0.25, 0.3) is 0 Å². The maximum absolute atomic E-state index is 8.80. The van der Waals surface area contributed by atoms with E-state index in [0.29, 0.717) is 10.7 Å². The number of aromatic nitrogens is 1. The zero-order valence-corrected chi connectivity index (χ0v) is 10.7. The summed E-state index contributed by atoms with van der Waals surface area (Å²) >= 11 is 6.10. The highest BCUT2D eigenvalue weighted by Crippen LogP contribution is 2.33. The van der Waals surface area contributed by atoms with Gasteiger partial charge >= 0.3 is 0 Å². The molecule has 1 aromatic heterocycles. The molecule has 1 aliphatic carbocycles. The van der Waals surface area contributed by atoms with Crippen LogP contribution in [0.15, 0.2) is 36.3 Å². The molecule has 0 amide bonds. The standard InChI is InChI=1S/C14H13ClN2O/c1-18-7-6-12-13(9-17-14(12)15)11-4-2-10(8-16)3-5-11/h2-4,6-7,9,11,17H,5H2,1H3/b7-6+. The molecule has 1 unspecified atom stereocenters. The Morgan fingerprint density at radius 1 is 1.61 bits per heavy atom. The maximum atomic E-state index is 8.80. The number of methoxy groups -OCH3 is 1. The van der Waals surface area contributed by atoms with Crippen LogP contribution in [0.5, 0.6) is 0 Å². The summed E-state index contributed by atoms with van der Waals surface area (Å²) in [4.78, 5) is 3.01. The van der Waals surface area contributed by atoms with E-state index < -0.39 is 0 Å². The fraction of sp³-hybridized carbons (Fsp3) is 0.214. The van der Waals surface area contributed by atoms with Crippen LogP contribution < -0.4 is 0 Å². The van der Waals surface area contributed by atoms with Crippen molar-refractivity contribution in [2.24, 2.45) is 0 Å². The highest BCUT2D eigenvalue weighted by Gasteiger charge is 2.17. The summed E-state index contributed by atoms with van der Waals surface area (Å²) < 4.78 is 4.92. The average molecular weight is 261 g/mol. The monoisotopic (exact) mass is 260 g/mol. The van der Waals surface area contributed by atoms with Gasteiger partial charge in [0.05, 0.1) is 19.4 Å². The van der Waals surface area contributed by atoms with Crippen LogP contribution in [0.4, 0.5) is 0 Å². The molecule has 1 aromatic rings. The second-order valence-electron chi connectivity index (χ2n) is 3.98. The van der Waals surface area contributed by atoms with Crippen molar-refractivity contribution < 1.29 is 4.74 Å². The number of hydrogen-bond acceptors (Lipinski definition) is 2. The number of H-pyrrole nitrogens is 1. The lowest BCUT2D eigenvalue weighted by atomic mass is 9.90. The Hall–Kier alpha value is -1.92. The lowest BCUT2D eigenvalue weighted by Gasteiger charge is -2.13. The fourth-order valence-corrected chi connectivity index (χ4v) is 2.20. The summed E-state index contributed by atoms with van der Waals surface area (Å²) in [7, 11) is 1.60. The molecule has 1 heterocycles. The lowest BCUT2D eigenvalue weighted by molar-refractivity contribution is 0.341. The third kappa shape index (κ3) is 2.49. The van der Waals surface area contributed by atoms with Crippen LogP contribution in [0.25, 0.3) is 6.08 Å². The Morgan fingerprint density at radius 2 is 2.44 bits per heavy atom. The molecular weight excluding hydrogens is 248 g/mol. The predicted molar refractivity (Wildman–Crippen MR) is 72.0 cm³/mol. The Kier molecular flexibility index (Phi) is 3.91. The van der Waals surface area contributed by atoms with E-state index in [-0.39, 0.29) is 5.92 Å². The number of aromatic amines is 1. The summed E-state index contributed by atoms with van der Waals surface area (Å²) in [6.07, 6.45) is 12.0. The number of halogens is 1. The third-order valence-electron chi connectivity index (χ3n) is 2.90. The van der Waals surface area contributed by atoms with E-state index in [2.05, 4.69) is 11.1 Å². The second kappa shape index (κ2) is 5.61. The van der Waals surface area contributed by atoms with E-state index in [1.807, 2.05) is 30.5 Å². The fourth-order valence-electron chi connectivity index (χ4n) is 1.97. The van der Waals surface area contributed by atoms with E-state index in [9.17, 15) is 0 Å². The number of nitrogens with one attached hydrogen (secondary N) is 1. The van der Waals surface area contributed by atoms with Crippen molar-refractivity contribution in [3.63, 3.8) is 0 Å². The molecule has 0 radical (unpaired) electrons. The van der Waals surface area contributed by atoms with Crippen LogP contribution in [-0.4, -0.2) is 12.1 Å². The molecule has 1 atom stereocenters. The zero-order valence-electron chi connectivity index (χ0n) is 9.98. The first-order valence-corrected chi connectivity index (χ1v) is 5.98. The number of allylic oxidation sites excluding steroid dienone is 4. The van der Waals surface area contributed by atoms with Crippen LogP contribution in [-0.2, 0) is 4.74 Å². The first-order chi connectivity index (χ1) is 8.76. The summed E-state index contributed by atoms with van der Waals surface area (Å²) in [5, 5.41) is 9.40. The Morgan fingerprint density at radius 3 is 3.06 bits per heavy atom. The van der Waals surface area contributed by atoms with Gasteiger partial charge in [0.15, 0.2) is 0 Å². The molecule has 3 nitrogen and oxygen atoms in total. The van der Waals surface area contributed by atoms with Crippen molar-refractivity contribution in [2.75, 3.05) is 7.11 Å². The van der Waals surface area contributed by atoms with Gasteiger partial charge in [0, 0.05) is 23.3 Å². The van der Waals surface area contributed by atoms with Crippen molar-refractivity contribution in [1.82, 2.24) is 4.98 Å². The zero-order chi connectivity index (χ0) is 13.0. The first-order valence-electron chi connectivity index (χ1n) is 5.61. The van der Waals surface area contributed by atoms with Gasteiger partial charge in [-0.25, -0.2) is 0 Å². The average Bonchev–Trinajstić information content (AvgIpc) is 2.78. The smallest absolute Gasteiger partial charge is 0.114 e. The molecule has 0 spiro atoms. The van der Waals surface area contributed by atoms with Crippen molar-refractivity contribution in [1.29, 1.82) is 5.26 Å². The summed E-state index contributed by atoms with van der Waals surface area (Å²) in [5.41, 5.74) is 2.75. The minimum Gasteiger partial charge on any atom is -0.504 e. The van der Waals surface area contributed by atoms with E-state index in [0.717, 1.165) is 17.5 Å². The van der Waals surface area contributed by atoms with Gasteiger partial charge in [-0.2, -0.15) is 5.26 Å². The lowest BCUT2D eigenvalue weighted by Crippen LogP contribution is -1.98. The Balaban J connectivity index is 2.26. The molecule has 2 rings (SSSR count). The van der Waals surface area contributed by atoms with Crippen LogP contribution in [0.3, 0.4) is 0 Å². The summed E-state index contributed by atoms with van der Waals surface area (Å²) in [5.74, 6) is 0.238. The van der Waals surface area contributed by atoms with Crippen LogP contribution >= 0.6 is 11.6 Å². The number of ether oxygens (including phenoxy) is 1. The van der Waals surface area contributed by atoms with Crippen LogP contribution in [0.2, 0.25) is 5.15 Å². The quantitative estimate of drug-likeness (QED) is 0.841. The molecular formula is C14H13ClN2O. The number of nitriles is 1. The third-order valence-corrected chi connectivity index (χ3v) is 3.21. The molecule has 4 heteroatoms. The molecule has 0 fully saturated rings. The van der Waals surface area contributed by atoms with Crippen molar-refractivity contribution >= 4 is 17.7 Å². The highest BCUT2D eigenvalue weighted by molar-refractivity contribution is 6.31. The van der Waals surface area contributed by atoms with Gasteiger partial charge in [0.1, 0.15) is 5.15 Å². The SMILES string of the molecule is CO/C=C/c1c(C2C=CC(C#N)=CC2)c[nH]c1Cl. The summed E-state index contributed by atoms with van der Waals surface area (Å²) in [6.45, 7) is 0. The van der Waals surface area contributed by atoms with Gasteiger partial charge in [0.2, 0.25) is 0 Å². The highest BCUT2D eigenvalue weighted by atomic mass is 35.5. The van der Waals surface area contributed by atoms with Crippen molar-refractivity contribution in [2.45, 2.75) is 12.3 Å². The van der Waals surface area contributed by atoms with Gasteiger partial charge in [-0.15, -0.1) is 0 Å². The molecule has 0 saturated heterocycles. The van der Waals surface area contributed by atoms with E-state index in [1.54, 1.807) is 13.4 Å². The minimum atomic E-state index is 0.238. The van der Waals surface area contributed by atoms with Crippen molar-refractivity contribution in [3.8, 4) is 6.07 Å². The van der Waals surface area contributed by atoms with E-state index in [1.165, 1.54) is 0 Å². The van der Waals surface area contributed by atoms with Crippen molar-refractivity contribution in [3.05, 3.63) is 52.5 Å². The minimum absolute atomic E-state index is 0.238. The topological polar surface area (TPSA) is 48.8 Å². The Labute approximate surface area is 111 Å². The molecule has 92 valence electrons. The van der Waals surface area contributed by atoms with E-state index in [4.69, 9.17) is 21.6 Å². The second-order valence-corrected chi connectivity index (χ2v) is 4.36. The van der Waals surface area contributed by atoms with Crippen LogP contribution in [0.1, 0.15) is 23.5 Å². The molecule has 1 aliphatic rings. The predicted octanol–water partition coefficient (Wildman–Crippen LogP) is 3.78. The normalized spacial score (nSPS) is 18.7.